The van der Waals surface area contributed by atoms with Gasteiger partial charge >= 0.3 is 29.6 Å². The van der Waals surface area contributed by atoms with E-state index in [-0.39, 0.29) is 36.0 Å². The first-order chi connectivity index (χ1) is 13.6. The molecule has 0 radical (unpaired) electrons. The maximum Gasteiger partial charge on any atom is 1.00 e. The quantitative estimate of drug-likeness (QED) is 0.199. The van der Waals surface area contributed by atoms with Gasteiger partial charge in [-0.1, -0.05) is 97.3 Å². The summed E-state index contributed by atoms with van der Waals surface area (Å²) in [7, 11) is 0. The van der Waals surface area contributed by atoms with E-state index in [4.69, 9.17) is 0 Å². The Morgan fingerprint density at radius 3 is 1.59 bits per heavy atom. The minimum atomic E-state index is -0.905. The number of rotatable bonds is 22. The zero-order valence-electron chi connectivity index (χ0n) is 20.5. The van der Waals surface area contributed by atoms with Crippen LogP contribution in [-0.4, -0.2) is 30.0 Å². The third kappa shape index (κ3) is 22.9. The van der Waals surface area contributed by atoms with Crippen molar-refractivity contribution < 1.29 is 39.5 Å². The van der Waals surface area contributed by atoms with Gasteiger partial charge < -0.3 is 14.8 Å². The molecule has 0 aromatic carbocycles. The molecule has 0 aliphatic heterocycles. The van der Waals surface area contributed by atoms with Gasteiger partial charge in [0.2, 0.25) is 0 Å². The van der Waals surface area contributed by atoms with Crippen molar-refractivity contribution in [2.24, 2.45) is 0 Å². The summed E-state index contributed by atoms with van der Waals surface area (Å²) >= 11 is 0. The van der Waals surface area contributed by atoms with Crippen molar-refractivity contribution >= 4 is 5.97 Å². The van der Waals surface area contributed by atoms with Crippen LogP contribution in [0, 0.1) is 0 Å². The molecule has 1 atom stereocenters. The molecule has 0 aromatic heterocycles. The molecule has 0 aliphatic carbocycles. The Hall–Kier alpha value is 0.430. The molecule has 168 valence electrons. The van der Waals surface area contributed by atoms with Crippen molar-refractivity contribution in [3.05, 3.63) is 0 Å². The zero-order valence-corrected chi connectivity index (χ0v) is 22.5. The van der Waals surface area contributed by atoms with Gasteiger partial charge in [-0.25, -0.2) is 0 Å². The van der Waals surface area contributed by atoms with Crippen LogP contribution in [0.5, 0.6) is 0 Å². The van der Waals surface area contributed by atoms with Gasteiger partial charge in [0.25, 0.3) is 0 Å². The van der Waals surface area contributed by atoms with Gasteiger partial charge in [0.05, 0.1) is 0 Å². The Morgan fingerprint density at radius 2 is 1.10 bits per heavy atom. The van der Waals surface area contributed by atoms with Gasteiger partial charge in [0.15, 0.2) is 0 Å². The number of aliphatic carboxylic acids is 1. The predicted octanol–water partition coefficient (Wildman–Crippen LogP) is 3.49. The number of hydrogen-bond acceptors (Lipinski definition) is 3. The van der Waals surface area contributed by atoms with E-state index in [1.165, 1.54) is 103 Å². The summed E-state index contributed by atoms with van der Waals surface area (Å²) < 4.78 is 0. The number of carbonyl (C=O) groups excluding carboxylic acids is 1. The van der Waals surface area contributed by atoms with Crippen molar-refractivity contribution in [1.29, 1.82) is 0 Å². The molecule has 3 nitrogen and oxygen atoms in total. The van der Waals surface area contributed by atoms with E-state index in [0.717, 1.165) is 19.3 Å². The molecule has 0 aliphatic rings. The standard InChI is InChI=1S/C25H51NO2.Na/c1-4-6-8-10-14-18-22-26(23-19-15-11-9-7-5-2)24(3)20-16-12-13-17-21-25(27)28;/h24H,4-23H2,1-3H3,(H,27,28);/q;+1/p-1. The van der Waals surface area contributed by atoms with E-state index in [1.807, 2.05) is 0 Å². The molecule has 29 heavy (non-hydrogen) atoms. The summed E-state index contributed by atoms with van der Waals surface area (Å²) in [6.07, 6.45) is 22.1. The van der Waals surface area contributed by atoms with Gasteiger partial charge in [0, 0.05) is 12.0 Å². The third-order valence-corrected chi connectivity index (χ3v) is 5.97. The monoisotopic (exact) mass is 419 g/mol. The first-order valence-electron chi connectivity index (χ1n) is 12.6. The fourth-order valence-corrected chi connectivity index (χ4v) is 3.99. The van der Waals surface area contributed by atoms with Gasteiger partial charge in [-0.3, -0.25) is 0 Å². The second-order valence-electron chi connectivity index (χ2n) is 8.75. The van der Waals surface area contributed by atoms with E-state index in [0.29, 0.717) is 6.04 Å². The molecule has 4 heteroatoms. The van der Waals surface area contributed by atoms with Crippen LogP contribution in [0.3, 0.4) is 0 Å². The number of carboxylic acids is 1. The maximum absolute atomic E-state index is 10.5. The number of unbranched alkanes of at least 4 members (excludes halogenated alkanes) is 13. The van der Waals surface area contributed by atoms with Gasteiger partial charge in [-0.05, 0) is 52.1 Å². The minimum Gasteiger partial charge on any atom is -0.550 e. The van der Waals surface area contributed by atoms with Gasteiger partial charge in [-0.2, -0.15) is 0 Å². The number of carbonyl (C=O) groups is 1. The molecular formula is C25H50NNaO2. The van der Waals surface area contributed by atoms with Crippen molar-refractivity contribution in [2.45, 2.75) is 142 Å². The average Bonchev–Trinajstić information content (AvgIpc) is 2.67. The average molecular weight is 420 g/mol. The Kier molecular flexibility index (Phi) is 26.9. The van der Waals surface area contributed by atoms with Crippen molar-refractivity contribution in [2.75, 3.05) is 13.1 Å². The molecule has 1 unspecified atom stereocenters. The fraction of sp³-hybridized carbons (Fsp3) is 0.960. The summed E-state index contributed by atoms with van der Waals surface area (Å²) in [6.45, 7) is 9.47. The Balaban J connectivity index is 0. The normalized spacial score (nSPS) is 12.1. The van der Waals surface area contributed by atoms with Crippen LogP contribution in [0.25, 0.3) is 0 Å². The summed E-state index contributed by atoms with van der Waals surface area (Å²) in [4.78, 5) is 13.2. The first kappa shape index (κ1) is 31.6. The van der Waals surface area contributed by atoms with Crippen LogP contribution < -0.4 is 34.7 Å². The maximum atomic E-state index is 10.5. The summed E-state index contributed by atoms with van der Waals surface area (Å²) in [5.41, 5.74) is 0. The molecule has 0 saturated heterocycles. The van der Waals surface area contributed by atoms with Crippen LogP contribution in [0.1, 0.15) is 136 Å². The molecule has 0 fully saturated rings. The SMILES string of the molecule is CCCCCCCCN(CCCCCCCC)C(C)CCCCCCC(=O)[O-].[Na+]. The molecule has 0 saturated carbocycles. The minimum absolute atomic E-state index is 0. The Bertz CT molecular complexity index is 323. The van der Waals surface area contributed by atoms with Crippen LogP contribution in [0.15, 0.2) is 0 Å². The fourth-order valence-electron chi connectivity index (χ4n) is 3.99. The van der Waals surface area contributed by atoms with Crippen molar-refractivity contribution in [3.8, 4) is 0 Å². The van der Waals surface area contributed by atoms with Crippen LogP contribution in [0.2, 0.25) is 0 Å². The summed E-state index contributed by atoms with van der Waals surface area (Å²) in [6, 6.07) is 0.660. The topological polar surface area (TPSA) is 43.4 Å². The van der Waals surface area contributed by atoms with Crippen LogP contribution in [-0.2, 0) is 4.79 Å². The molecule has 0 amide bonds. The second-order valence-corrected chi connectivity index (χ2v) is 8.75. The van der Waals surface area contributed by atoms with Gasteiger partial charge in [0.1, 0.15) is 0 Å². The van der Waals surface area contributed by atoms with Gasteiger partial charge in [-0.15, -0.1) is 0 Å². The Morgan fingerprint density at radius 1 is 0.690 bits per heavy atom. The van der Waals surface area contributed by atoms with E-state index in [2.05, 4.69) is 25.7 Å². The predicted molar refractivity (Wildman–Crippen MR) is 120 cm³/mol. The number of carboxylic acid groups (broad SMARTS) is 1. The summed E-state index contributed by atoms with van der Waals surface area (Å²) in [5, 5.41) is 10.5. The Labute approximate surface area is 205 Å². The van der Waals surface area contributed by atoms with Crippen LogP contribution >= 0.6 is 0 Å². The summed E-state index contributed by atoms with van der Waals surface area (Å²) in [5.74, 6) is -0.905. The molecule has 0 spiro atoms. The molecule has 0 bridgehead atoms. The molecule has 0 heterocycles. The van der Waals surface area contributed by atoms with Crippen molar-refractivity contribution in [3.63, 3.8) is 0 Å². The van der Waals surface area contributed by atoms with Crippen molar-refractivity contribution in [1.82, 2.24) is 4.90 Å². The second kappa shape index (κ2) is 24.7. The van der Waals surface area contributed by atoms with E-state index < -0.39 is 5.97 Å². The smallest absolute Gasteiger partial charge is 0.550 e. The number of hydrogen-bond donors (Lipinski definition) is 0. The van der Waals surface area contributed by atoms with E-state index in [9.17, 15) is 9.90 Å². The molecular weight excluding hydrogens is 369 g/mol. The van der Waals surface area contributed by atoms with Crippen LogP contribution in [0.4, 0.5) is 0 Å². The number of nitrogens with zero attached hydrogens (tertiary/aromatic N) is 1. The largest absolute Gasteiger partial charge is 1.00 e. The zero-order chi connectivity index (χ0) is 20.9. The molecule has 0 N–H and O–H groups in total. The van der Waals surface area contributed by atoms with E-state index >= 15 is 0 Å². The first-order valence-corrected chi connectivity index (χ1v) is 12.6. The third-order valence-electron chi connectivity index (χ3n) is 5.97. The van der Waals surface area contributed by atoms with E-state index in [1.54, 1.807) is 0 Å². The molecule has 0 rings (SSSR count). The molecule has 0 aromatic rings.